The van der Waals surface area contributed by atoms with E-state index in [9.17, 15) is 8.42 Å². The third-order valence-electron chi connectivity index (χ3n) is 3.23. The molecular weight excluding hydrogens is 304 g/mol. The van der Waals surface area contributed by atoms with Gasteiger partial charge in [-0.15, -0.1) is 11.3 Å². The van der Waals surface area contributed by atoms with Crippen molar-refractivity contribution >= 4 is 21.4 Å². The summed E-state index contributed by atoms with van der Waals surface area (Å²) in [5.74, 6) is 0.215. The van der Waals surface area contributed by atoms with Gasteiger partial charge in [0.25, 0.3) is 0 Å². The van der Waals surface area contributed by atoms with E-state index < -0.39 is 10.0 Å². The van der Waals surface area contributed by atoms with Gasteiger partial charge in [0.1, 0.15) is 0 Å². The van der Waals surface area contributed by atoms with Crippen molar-refractivity contribution in [1.29, 1.82) is 0 Å². The summed E-state index contributed by atoms with van der Waals surface area (Å²) in [4.78, 5) is 1.10. The average molecular weight is 333 g/mol. The van der Waals surface area contributed by atoms with E-state index in [-0.39, 0.29) is 11.8 Å². The number of sulfonamides is 1. The van der Waals surface area contributed by atoms with Crippen molar-refractivity contribution in [3.8, 4) is 0 Å². The molecule has 0 amide bonds. The molecule has 0 aliphatic heterocycles. The molecule has 4 nitrogen and oxygen atoms in total. The summed E-state index contributed by atoms with van der Waals surface area (Å²) in [6, 6.07) is 3.90. The predicted octanol–water partition coefficient (Wildman–Crippen LogP) is 3.29. The average Bonchev–Trinajstić information content (AvgIpc) is 2.96. The highest BCUT2D eigenvalue weighted by Crippen LogP contribution is 2.24. The third-order valence-corrected chi connectivity index (χ3v) is 5.68. The van der Waals surface area contributed by atoms with Crippen LogP contribution in [0.3, 0.4) is 0 Å². The molecule has 1 rings (SSSR count). The summed E-state index contributed by atoms with van der Waals surface area (Å²) in [7, 11) is -3.19. The van der Waals surface area contributed by atoms with E-state index in [4.69, 9.17) is 0 Å². The second-order valence-electron chi connectivity index (χ2n) is 5.25. The van der Waals surface area contributed by atoms with Gasteiger partial charge in [-0.05, 0) is 50.2 Å². The molecule has 122 valence electrons. The van der Waals surface area contributed by atoms with E-state index in [2.05, 4.69) is 23.9 Å². The van der Waals surface area contributed by atoms with Crippen molar-refractivity contribution in [3.63, 3.8) is 0 Å². The summed E-state index contributed by atoms with van der Waals surface area (Å²) < 4.78 is 27.2. The van der Waals surface area contributed by atoms with E-state index in [1.807, 2.05) is 17.5 Å². The van der Waals surface area contributed by atoms with Gasteiger partial charge < -0.3 is 5.32 Å². The normalized spacial score (nSPS) is 13.4. The maximum Gasteiger partial charge on any atom is 0.212 e. The standard InChI is InChI=1S/C15H28N2O2S2/c1-3-8-14(15-9-7-12-20-15)17-21(18,19)13-6-5-11-16-10-4-2/h7,9,12,14,16-17H,3-6,8,10-11,13H2,1-2H3. The molecule has 1 unspecified atom stereocenters. The maximum atomic E-state index is 12.2. The Morgan fingerprint density at radius 1 is 1.19 bits per heavy atom. The first-order chi connectivity index (χ1) is 10.1. The molecule has 1 aromatic rings. The largest absolute Gasteiger partial charge is 0.317 e. The summed E-state index contributed by atoms with van der Waals surface area (Å²) in [5.41, 5.74) is 0. The van der Waals surface area contributed by atoms with Gasteiger partial charge in [-0.1, -0.05) is 26.3 Å². The minimum absolute atomic E-state index is 0.0711. The van der Waals surface area contributed by atoms with Crippen molar-refractivity contribution < 1.29 is 8.42 Å². The molecule has 2 N–H and O–H groups in total. The lowest BCUT2D eigenvalue weighted by molar-refractivity contribution is 0.536. The molecule has 0 bridgehead atoms. The van der Waals surface area contributed by atoms with E-state index in [1.165, 1.54) is 0 Å². The Bertz CT molecular complexity index is 458. The van der Waals surface area contributed by atoms with Crippen LogP contribution in [0, 0.1) is 0 Å². The Hall–Kier alpha value is -0.430. The highest BCUT2D eigenvalue weighted by atomic mass is 32.2. The first kappa shape index (κ1) is 18.6. The van der Waals surface area contributed by atoms with Crippen LogP contribution in [-0.2, 0) is 10.0 Å². The molecular formula is C15H28N2O2S2. The third kappa shape index (κ3) is 7.95. The highest BCUT2D eigenvalue weighted by molar-refractivity contribution is 7.89. The fourth-order valence-electron chi connectivity index (χ4n) is 2.16. The predicted molar refractivity (Wildman–Crippen MR) is 91.3 cm³/mol. The van der Waals surface area contributed by atoms with Gasteiger partial charge >= 0.3 is 0 Å². The van der Waals surface area contributed by atoms with Gasteiger partial charge in [-0.25, -0.2) is 13.1 Å². The zero-order valence-corrected chi connectivity index (χ0v) is 14.7. The molecule has 0 aliphatic rings. The lowest BCUT2D eigenvalue weighted by atomic mass is 10.1. The molecule has 0 radical (unpaired) electrons. The number of unbranched alkanes of at least 4 members (excludes halogenated alkanes) is 1. The van der Waals surface area contributed by atoms with Crippen molar-refractivity contribution in [2.75, 3.05) is 18.8 Å². The number of hydrogen-bond donors (Lipinski definition) is 2. The summed E-state index contributed by atoms with van der Waals surface area (Å²) >= 11 is 1.61. The molecule has 6 heteroatoms. The lowest BCUT2D eigenvalue weighted by Crippen LogP contribution is -2.30. The minimum Gasteiger partial charge on any atom is -0.317 e. The minimum atomic E-state index is -3.19. The highest BCUT2D eigenvalue weighted by Gasteiger charge is 2.19. The molecule has 1 heterocycles. The van der Waals surface area contributed by atoms with Gasteiger partial charge in [0.05, 0.1) is 11.8 Å². The van der Waals surface area contributed by atoms with Crippen LogP contribution in [0.15, 0.2) is 17.5 Å². The molecule has 0 saturated heterocycles. The second kappa shape index (κ2) is 10.3. The molecule has 0 aromatic carbocycles. The first-order valence-electron chi connectivity index (χ1n) is 7.83. The molecule has 0 saturated carbocycles. The van der Waals surface area contributed by atoms with Crippen LogP contribution in [0.4, 0.5) is 0 Å². The van der Waals surface area contributed by atoms with Crippen LogP contribution in [0.1, 0.15) is 56.9 Å². The Morgan fingerprint density at radius 2 is 2.00 bits per heavy atom. The summed E-state index contributed by atoms with van der Waals surface area (Å²) in [6.07, 6.45) is 4.52. The van der Waals surface area contributed by atoms with Crippen molar-refractivity contribution in [2.45, 2.75) is 52.0 Å². The van der Waals surface area contributed by atoms with Gasteiger partial charge in [0, 0.05) is 4.88 Å². The fourth-order valence-corrected chi connectivity index (χ4v) is 4.42. The first-order valence-corrected chi connectivity index (χ1v) is 10.4. The van der Waals surface area contributed by atoms with Crippen molar-refractivity contribution in [3.05, 3.63) is 22.4 Å². The van der Waals surface area contributed by atoms with Gasteiger partial charge in [0.15, 0.2) is 0 Å². The summed E-state index contributed by atoms with van der Waals surface area (Å²) in [6.45, 7) is 6.10. The zero-order valence-electron chi connectivity index (χ0n) is 13.1. The van der Waals surface area contributed by atoms with Gasteiger partial charge in [0.2, 0.25) is 10.0 Å². The van der Waals surface area contributed by atoms with Crippen LogP contribution in [0.5, 0.6) is 0 Å². The van der Waals surface area contributed by atoms with E-state index in [0.717, 1.165) is 43.6 Å². The molecule has 0 spiro atoms. The van der Waals surface area contributed by atoms with Crippen molar-refractivity contribution in [1.82, 2.24) is 10.0 Å². The Morgan fingerprint density at radius 3 is 2.62 bits per heavy atom. The smallest absolute Gasteiger partial charge is 0.212 e. The molecule has 1 aromatic heterocycles. The van der Waals surface area contributed by atoms with Crippen LogP contribution in [-0.4, -0.2) is 27.3 Å². The molecule has 21 heavy (non-hydrogen) atoms. The second-order valence-corrected chi connectivity index (χ2v) is 8.10. The summed E-state index contributed by atoms with van der Waals surface area (Å²) in [5, 5.41) is 5.28. The Labute approximate surface area is 133 Å². The lowest BCUT2D eigenvalue weighted by Gasteiger charge is -2.17. The monoisotopic (exact) mass is 332 g/mol. The van der Waals surface area contributed by atoms with E-state index >= 15 is 0 Å². The molecule has 0 fully saturated rings. The number of thiophene rings is 1. The number of hydrogen-bond acceptors (Lipinski definition) is 4. The Balaban J connectivity index is 2.38. The number of nitrogens with one attached hydrogen (secondary N) is 2. The molecule has 1 atom stereocenters. The van der Waals surface area contributed by atoms with Crippen molar-refractivity contribution in [2.24, 2.45) is 0 Å². The van der Waals surface area contributed by atoms with E-state index in [1.54, 1.807) is 11.3 Å². The van der Waals surface area contributed by atoms with Crippen LogP contribution in [0.2, 0.25) is 0 Å². The number of rotatable bonds is 12. The van der Waals surface area contributed by atoms with Crippen LogP contribution < -0.4 is 10.0 Å². The maximum absolute atomic E-state index is 12.2. The SMILES string of the molecule is CCCNCCCCS(=O)(=O)NC(CCC)c1cccs1. The van der Waals surface area contributed by atoms with Crippen LogP contribution >= 0.6 is 11.3 Å². The fraction of sp³-hybridized carbons (Fsp3) is 0.733. The van der Waals surface area contributed by atoms with Gasteiger partial charge in [-0.3, -0.25) is 0 Å². The topological polar surface area (TPSA) is 58.2 Å². The van der Waals surface area contributed by atoms with E-state index in [0.29, 0.717) is 6.42 Å². The zero-order chi connectivity index (χ0) is 15.6. The van der Waals surface area contributed by atoms with Gasteiger partial charge in [-0.2, -0.15) is 0 Å². The molecule has 0 aliphatic carbocycles. The van der Waals surface area contributed by atoms with Crippen LogP contribution in [0.25, 0.3) is 0 Å². The quantitative estimate of drug-likeness (QED) is 0.578. The Kier molecular flexibility index (Phi) is 9.15.